The highest BCUT2D eigenvalue weighted by molar-refractivity contribution is 5.84. The second-order valence-electron chi connectivity index (χ2n) is 4.42. The van der Waals surface area contributed by atoms with E-state index in [-0.39, 0.29) is 13.1 Å². The van der Waals surface area contributed by atoms with E-state index >= 15 is 0 Å². The van der Waals surface area contributed by atoms with Crippen LogP contribution in [0.3, 0.4) is 0 Å². The first kappa shape index (κ1) is 15.7. The van der Waals surface area contributed by atoms with Crippen molar-refractivity contribution in [2.45, 2.75) is 20.3 Å². The van der Waals surface area contributed by atoms with Crippen LogP contribution in [-0.4, -0.2) is 41.4 Å². The largest absolute Gasteiger partial charge is 0.368 e. The summed E-state index contributed by atoms with van der Waals surface area (Å²) in [7, 11) is 0. The number of carbonyl (C=O) groups is 2. The molecule has 0 saturated heterocycles. The molecule has 0 radical (unpaired) electrons. The van der Waals surface area contributed by atoms with Crippen LogP contribution in [0.1, 0.15) is 18.9 Å². The number of aromatic nitrogens is 2. The third-order valence-corrected chi connectivity index (χ3v) is 2.47. The number of aryl methyl sites for hydroxylation is 1. The maximum Gasteiger partial charge on any atom is 0.237 e. The van der Waals surface area contributed by atoms with Crippen molar-refractivity contribution >= 4 is 23.6 Å². The molecule has 1 heterocycles. The Morgan fingerprint density at radius 2 is 1.90 bits per heavy atom. The van der Waals surface area contributed by atoms with Gasteiger partial charge in [0.05, 0.1) is 13.1 Å². The van der Waals surface area contributed by atoms with Crippen LogP contribution in [0.5, 0.6) is 0 Å². The Balaban J connectivity index is 3.03. The van der Waals surface area contributed by atoms with E-state index in [4.69, 9.17) is 11.5 Å². The first-order chi connectivity index (χ1) is 9.43. The third-order valence-electron chi connectivity index (χ3n) is 2.47. The second kappa shape index (κ2) is 7.27. The number of anilines is 2. The number of nitrogens with zero attached hydrogens (tertiary/aromatic N) is 3. The van der Waals surface area contributed by atoms with Crippen LogP contribution in [-0.2, 0) is 9.59 Å². The number of carbonyl (C=O) groups excluding carboxylic acids is 2. The van der Waals surface area contributed by atoms with Crippen LogP contribution >= 0.6 is 0 Å². The molecule has 1 aromatic heterocycles. The first-order valence-electron chi connectivity index (χ1n) is 6.33. The SMILES string of the molecule is CCCNc1ncc(C)c(N(CC(N)=O)CC(N)=O)n1. The van der Waals surface area contributed by atoms with Crippen molar-refractivity contribution in [1.29, 1.82) is 0 Å². The molecular formula is C12H20N6O2. The molecule has 0 spiro atoms. The van der Waals surface area contributed by atoms with Gasteiger partial charge in [-0.05, 0) is 13.3 Å². The minimum atomic E-state index is -0.563. The molecule has 8 heteroatoms. The first-order valence-corrected chi connectivity index (χ1v) is 6.33. The number of rotatable bonds is 8. The van der Waals surface area contributed by atoms with Gasteiger partial charge in [0.25, 0.3) is 0 Å². The molecule has 20 heavy (non-hydrogen) atoms. The molecule has 110 valence electrons. The van der Waals surface area contributed by atoms with Crippen molar-refractivity contribution < 1.29 is 9.59 Å². The Morgan fingerprint density at radius 1 is 1.30 bits per heavy atom. The van der Waals surface area contributed by atoms with Crippen LogP contribution in [0.25, 0.3) is 0 Å². The number of hydrogen-bond donors (Lipinski definition) is 3. The molecule has 0 fully saturated rings. The van der Waals surface area contributed by atoms with Crippen LogP contribution in [0, 0.1) is 6.92 Å². The Labute approximate surface area is 117 Å². The van der Waals surface area contributed by atoms with Gasteiger partial charge in [-0.15, -0.1) is 0 Å². The summed E-state index contributed by atoms with van der Waals surface area (Å²) >= 11 is 0. The number of amides is 2. The molecule has 0 aromatic carbocycles. The van der Waals surface area contributed by atoms with Gasteiger partial charge >= 0.3 is 0 Å². The lowest BCUT2D eigenvalue weighted by Crippen LogP contribution is -2.40. The highest BCUT2D eigenvalue weighted by Crippen LogP contribution is 2.17. The molecule has 0 bridgehead atoms. The summed E-state index contributed by atoms with van der Waals surface area (Å²) in [6.07, 6.45) is 2.55. The molecule has 5 N–H and O–H groups in total. The summed E-state index contributed by atoms with van der Waals surface area (Å²) in [5, 5.41) is 3.04. The minimum Gasteiger partial charge on any atom is -0.368 e. The average Bonchev–Trinajstić information content (AvgIpc) is 2.36. The fourth-order valence-electron chi connectivity index (χ4n) is 1.66. The van der Waals surface area contributed by atoms with E-state index in [1.807, 2.05) is 6.92 Å². The summed E-state index contributed by atoms with van der Waals surface area (Å²) in [5.41, 5.74) is 11.1. The molecule has 2 amide bonds. The molecule has 0 aliphatic rings. The average molecular weight is 280 g/mol. The monoisotopic (exact) mass is 280 g/mol. The maximum absolute atomic E-state index is 11.1. The van der Waals surface area contributed by atoms with Gasteiger partial charge in [-0.3, -0.25) is 9.59 Å². The predicted octanol–water partition coefficient (Wildman–Crippen LogP) is -0.616. The van der Waals surface area contributed by atoms with Crippen molar-refractivity contribution in [2.24, 2.45) is 11.5 Å². The molecule has 1 rings (SSSR count). The Kier molecular flexibility index (Phi) is 5.70. The van der Waals surface area contributed by atoms with E-state index in [0.717, 1.165) is 18.5 Å². The lowest BCUT2D eigenvalue weighted by Gasteiger charge is -2.22. The lowest BCUT2D eigenvalue weighted by atomic mass is 10.3. The van der Waals surface area contributed by atoms with Crippen LogP contribution in [0.4, 0.5) is 11.8 Å². The van der Waals surface area contributed by atoms with Crippen molar-refractivity contribution in [2.75, 3.05) is 29.9 Å². The Bertz CT molecular complexity index is 475. The normalized spacial score (nSPS) is 10.1. The summed E-state index contributed by atoms with van der Waals surface area (Å²) in [6, 6.07) is 0. The van der Waals surface area contributed by atoms with Crippen LogP contribution < -0.4 is 21.7 Å². The van der Waals surface area contributed by atoms with Crippen molar-refractivity contribution in [3.63, 3.8) is 0 Å². The summed E-state index contributed by atoms with van der Waals surface area (Å²) in [5.74, 6) is -0.220. The third kappa shape index (κ3) is 4.71. The molecule has 0 unspecified atom stereocenters. The number of nitrogens with two attached hydrogens (primary N) is 2. The standard InChI is InChI=1S/C12H20N6O2/c1-3-4-15-12-16-5-8(2)11(17-12)18(6-9(13)19)7-10(14)20/h5H,3-4,6-7H2,1-2H3,(H2,13,19)(H2,14,20)(H,15,16,17). The molecule has 0 aliphatic heterocycles. The van der Waals surface area contributed by atoms with Gasteiger partial charge in [0, 0.05) is 18.3 Å². The maximum atomic E-state index is 11.1. The molecule has 1 aromatic rings. The molecular weight excluding hydrogens is 260 g/mol. The smallest absolute Gasteiger partial charge is 0.237 e. The summed E-state index contributed by atoms with van der Waals surface area (Å²) in [4.78, 5) is 32.1. The van der Waals surface area contributed by atoms with Gasteiger partial charge in [0.15, 0.2) is 0 Å². The van der Waals surface area contributed by atoms with Gasteiger partial charge < -0.3 is 21.7 Å². The zero-order valence-corrected chi connectivity index (χ0v) is 11.7. The topological polar surface area (TPSA) is 127 Å². The predicted molar refractivity (Wildman–Crippen MR) is 76.2 cm³/mol. The van der Waals surface area contributed by atoms with E-state index in [1.165, 1.54) is 4.90 Å². The van der Waals surface area contributed by atoms with Crippen molar-refractivity contribution in [1.82, 2.24) is 9.97 Å². The van der Waals surface area contributed by atoms with Gasteiger partial charge in [-0.2, -0.15) is 4.98 Å². The molecule has 8 nitrogen and oxygen atoms in total. The van der Waals surface area contributed by atoms with Crippen LogP contribution in [0.15, 0.2) is 6.20 Å². The zero-order valence-electron chi connectivity index (χ0n) is 11.7. The van der Waals surface area contributed by atoms with Crippen molar-refractivity contribution in [3.8, 4) is 0 Å². The second-order valence-corrected chi connectivity index (χ2v) is 4.42. The Hall–Kier alpha value is -2.38. The fourth-order valence-corrected chi connectivity index (χ4v) is 1.66. The molecule has 0 saturated carbocycles. The fraction of sp³-hybridized carbons (Fsp3) is 0.500. The number of nitrogens with one attached hydrogen (secondary N) is 1. The van der Waals surface area contributed by atoms with Crippen LogP contribution in [0.2, 0.25) is 0 Å². The summed E-state index contributed by atoms with van der Waals surface area (Å²) < 4.78 is 0. The van der Waals surface area contributed by atoms with Gasteiger partial charge in [-0.25, -0.2) is 4.98 Å². The van der Waals surface area contributed by atoms with Gasteiger partial charge in [0.1, 0.15) is 5.82 Å². The van der Waals surface area contributed by atoms with E-state index < -0.39 is 11.8 Å². The van der Waals surface area contributed by atoms with E-state index in [9.17, 15) is 9.59 Å². The van der Waals surface area contributed by atoms with Gasteiger partial charge in [-0.1, -0.05) is 6.92 Å². The minimum absolute atomic E-state index is 0.131. The number of hydrogen-bond acceptors (Lipinski definition) is 6. The van der Waals surface area contributed by atoms with Gasteiger partial charge in [0.2, 0.25) is 17.8 Å². The molecule has 0 atom stereocenters. The Morgan fingerprint density at radius 3 is 2.40 bits per heavy atom. The van der Waals surface area contributed by atoms with E-state index in [0.29, 0.717) is 11.8 Å². The quantitative estimate of drug-likeness (QED) is 0.582. The van der Waals surface area contributed by atoms with E-state index in [1.54, 1.807) is 13.1 Å². The van der Waals surface area contributed by atoms with E-state index in [2.05, 4.69) is 15.3 Å². The highest BCUT2D eigenvalue weighted by atomic mass is 16.2. The highest BCUT2D eigenvalue weighted by Gasteiger charge is 2.16. The van der Waals surface area contributed by atoms with Crippen molar-refractivity contribution in [3.05, 3.63) is 11.8 Å². The zero-order chi connectivity index (χ0) is 15.1. The molecule has 0 aliphatic carbocycles. The summed E-state index contributed by atoms with van der Waals surface area (Å²) in [6.45, 7) is 4.28. The lowest BCUT2D eigenvalue weighted by molar-refractivity contribution is -0.117. The number of primary amides is 2.